The number of nitrogens with one attached hydrogen (secondary N) is 1. The lowest BCUT2D eigenvalue weighted by atomic mass is 9.92. The highest BCUT2D eigenvalue weighted by Crippen LogP contribution is 2.42. The minimum atomic E-state index is -0.404. The third-order valence-corrected chi connectivity index (χ3v) is 4.98. The Balaban J connectivity index is 2.01. The summed E-state index contributed by atoms with van der Waals surface area (Å²) in [7, 11) is 0. The second kappa shape index (κ2) is 7.25. The van der Waals surface area contributed by atoms with Crippen LogP contribution in [0.2, 0.25) is 0 Å². The van der Waals surface area contributed by atoms with Crippen LogP contribution in [0.4, 0.5) is 0 Å². The molecule has 1 aliphatic rings. The van der Waals surface area contributed by atoms with E-state index in [1.54, 1.807) is 0 Å². The van der Waals surface area contributed by atoms with E-state index in [1.807, 2.05) is 40.7 Å². The third kappa shape index (κ3) is 4.10. The van der Waals surface area contributed by atoms with Crippen molar-refractivity contribution in [2.24, 2.45) is 0 Å². The van der Waals surface area contributed by atoms with Crippen LogP contribution in [0.25, 0.3) is 11.0 Å². The molecule has 146 valence electrons. The Kier molecular flexibility index (Phi) is 5.18. The van der Waals surface area contributed by atoms with Crippen molar-refractivity contribution in [1.29, 1.82) is 0 Å². The van der Waals surface area contributed by atoms with Gasteiger partial charge in [0.1, 0.15) is 22.7 Å². The highest BCUT2D eigenvalue weighted by molar-refractivity contribution is 5.91. The van der Waals surface area contributed by atoms with Gasteiger partial charge in [-0.05, 0) is 52.5 Å². The Morgan fingerprint density at radius 3 is 2.81 bits per heavy atom. The van der Waals surface area contributed by atoms with Crippen LogP contribution >= 0.6 is 0 Å². The SMILES string of the molecule is CC[C@H](C)NC(=O)COc1cc2c(c3oc(=O)cc(C)c13)CCC(C)(C)O2. The van der Waals surface area contributed by atoms with Crippen molar-refractivity contribution in [1.82, 2.24) is 5.32 Å². The van der Waals surface area contributed by atoms with Gasteiger partial charge in [-0.25, -0.2) is 4.79 Å². The molecule has 0 fully saturated rings. The predicted molar refractivity (Wildman–Crippen MR) is 104 cm³/mol. The lowest BCUT2D eigenvalue weighted by Gasteiger charge is -2.33. The number of hydrogen-bond donors (Lipinski definition) is 1. The molecule has 0 spiro atoms. The molecule has 27 heavy (non-hydrogen) atoms. The number of fused-ring (bicyclic) bond motifs is 3. The van der Waals surface area contributed by atoms with E-state index >= 15 is 0 Å². The van der Waals surface area contributed by atoms with Crippen molar-refractivity contribution in [3.8, 4) is 11.5 Å². The summed E-state index contributed by atoms with van der Waals surface area (Å²) in [6.07, 6.45) is 2.42. The van der Waals surface area contributed by atoms with E-state index in [2.05, 4.69) is 5.32 Å². The Labute approximate surface area is 158 Å². The molecule has 1 aromatic carbocycles. The Morgan fingerprint density at radius 1 is 1.37 bits per heavy atom. The normalized spacial score (nSPS) is 16.3. The number of hydrogen-bond acceptors (Lipinski definition) is 5. The minimum absolute atomic E-state index is 0.0882. The van der Waals surface area contributed by atoms with Crippen molar-refractivity contribution >= 4 is 16.9 Å². The summed E-state index contributed by atoms with van der Waals surface area (Å²) >= 11 is 0. The summed E-state index contributed by atoms with van der Waals surface area (Å²) in [6, 6.07) is 3.33. The molecule has 1 N–H and O–H groups in total. The molecule has 6 nitrogen and oxygen atoms in total. The van der Waals surface area contributed by atoms with Crippen LogP contribution in [0, 0.1) is 6.92 Å². The number of rotatable bonds is 5. The molecule has 1 amide bonds. The van der Waals surface area contributed by atoms with Crippen LogP contribution in [0.15, 0.2) is 21.3 Å². The zero-order valence-electron chi connectivity index (χ0n) is 16.6. The van der Waals surface area contributed by atoms with Crippen LogP contribution in [-0.4, -0.2) is 24.2 Å². The second-order valence-electron chi connectivity index (χ2n) is 7.83. The van der Waals surface area contributed by atoms with Crippen LogP contribution in [0.3, 0.4) is 0 Å². The molecule has 0 unspecified atom stereocenters. The van der Waals surface area contributed by atoms with Crippen molar-refractivity contribution < 1.29 is 18.7 Å². The summed E-state index contributed by atoms with van der Waals surface area (Å²) in [5.74, 6) is 0.943. The first-order valence-corrected chi connectivity index (χ1v) is 9.41. The molecule has 0 saturated heterocycles. The molecule has 1 aromatic heterocycles. The Morgan fingerprint density at radius 2 is 2.11 bits per heavy atom. The number of ether oxygens (including phenoxy) is 2. The highest BCUT2D eigenvalue weighted by atomic mass is 16.5. The van der Waals surface area contributed by atoms with E-state index in [0.717, 1.165) is 30.4 Å². The molecule has 0 bridgehead atoms. The molecule has 6 heteroatoms. The van der Waals surface area contributed by atoms with Gasteiger partial charge < -0.3 is 19.2 Å². The molecule has 3 rings (SSSR count). The van der Waals surface area contributed by atoms with E-state index in [9.17, 15) is 9.59 Å². The van der Waals surface area contributed by atoms with E-state index in [4.69, 9.17) is 13.9 Å². The van der Waals surface area contributed by atoms with Crippen molar-refractivity contribution in [3.05, 3.63) is 33.7 Å². The number of aryl methyl sites for hydroxylation is 2. The molecule has 2 aromatic rings. The lowest BCUT2D eigenvalue weighted by Crippen LogP contribution is -2.35. The lowest BCUT2D eigenvalue weighted by molar-refractivity contribution is -0.123. The maximum absolute atomic E-state index is 12.1. The smallest absolute Gasteiger partial charge is 0.336 e. The van der Waals surface area contributed by atoms with Crippen molar-refractivity contribution in [3.63, 3.8) is 0 Å². The molecule has 0 aliphatic carbocycles. The van der Waals surface area contributed by atoms with E-state index in [1.165, 1.54) is 6.07 Å². The van der Waals surface area contributed by atoms with Gasteiger partial charge in [-0.3, -0.25) is 4.79 Å². The van der Waals surface area contributed by atoms with Gasteiger partial charge in [-0.15, -0.1) is 0 Å². The fourth-order valence-corrected chi connectivity index (χ4v) is 3.30. The maximum atomic E-state index is 12.1. The number of benzene rings is 1. The van der Waals surface area contributed by atoms with Gasteiger partial charge in [0.05, 0.1) is 5.39 Å². The summed E-state index contributed by atoms with van der Waals surface area (Å²) in [5.41, 5.74) is 1.41. The molecule has 2 heterocycles. The zero-order valence-corrected chi connectivity index (χ0v) is 16.6. The second-order valence-corrected chi connectivity index (χ2v) is 7.83. The van der Waals surface area contributed by atoms with E-state index in [0.29, 0.717) is 22.5 Å². The Hall–Kier alpha value is -2.50. The number of amides is 1. The zero-order chi connectivity index (χ0) is 19.8. The molecular formula is C21H27NO5. The van der Waals surface area contributed by atoms with Crippen LogP contribution in [-0.2, 0) is 11.2 Å². The quantitative estimate of drug-likeness (QED) is 0.812. The first-order chi connectivity index (χ1) is 12.7. The fourth-order valence-electron chi connectivity index (χ4n) is 3.30. The summed E-state index contributed by atoms with van der Waals surface area (Å²) < 4.78 is 17.4. The third-order valence-electron chi connectivity index (χ3n) is 4.98. The van der Waals surface area contributed by atoms with Crippen LogP contribution < -0.4 is 20.4 Å². The topological polar surface area (TPSA) is 77.8 Å². The standard InChI is InChI=1S/C21H27NO5/c1-6-13(3)22-17(23)11-25-16-10-15-14(7-8-21(4,5)27-15)20-19(16)12(2)9-18(24)26-20/h9-10,13H,6-8,11H2,1-5H3,(H,22,23)/t13-/m0/s1. The van der Waals surface area contributed by atoms with Crippen molar-refractivity contribution in [2.75, 3.05) is 6.61 Å². The fraction of sp³-hybridized carbons (Fsp3) is 0.524. The summed E-state index contributed by atoms with van der Waals surface area (Å²) in [6.45, 7) is 9.72. The van der Waals surface area contributed by atoms with Gasteiger partial charge in [-0.1, -0.05) is 6.92 Å². The Bertz CT molecular complexity index is 928. The van der Waals surface area contributed by atoms with E-state index < -0.39 is 5.63 Å². The average molecular weight is 373 g/mol. The average Bonchev–Trinajstić information content (AvgIpc) is 2.57. The molecule has 1 aliphatic heterocycles. The first-order valence-electron chi connectivity index (χ1n) is 9.41. The largest absolute Gasteiger partial charge is 0.487 e. The number of carbonyl (C=O) groups excluding carboxylic acids is 1. The van der Waals surface area contributed by atoms with Gasteiger partial charge in [0.25, 0.3) is 5.91 Å². The molecule has 0 saturated carbocycles. The van der Waals surface area contributed by atoms with Gasteiger partial charge in [0.15, 0.2) is 6.61 Å². The highest BCUT2D eigenvalue weighted by Gasteiger charge is 2.30. The summed E-state index contributed by atoms with van der Waals surface area (Å²) in [4.78, 5) is 24.0. The van der Waals surface area contributed by atoms with Crippen molar-refractivity contribution in [2.45, 2.75) is 65.5 Å². The van der Waals surface area contributed by atoms with Gasteiger partial charge in [-0.2, -0.15) is 0 Å². The van der Waals surface area contributed by atoms with E-state index in [-0.39, 0.29) is 24.2 Å². The van der Waals surface area contributed by atoms with Gasteiger partial charge >= 0.3 is 5.63 Å². The molecule has 0 radical (unpaired) electrons. The number of carbonyl (C=O) groups is 1. The van der Waals surface area contributed by atoms with Crippen LogP contribution in [0.5, 0.6) is 11.5 Å². The van der Waals surface area contributed by atoms with Gasteiger partial charge in [0, 0.05) is 23.7 Å². The maximum Gasteiger partial charge on any atom is 0.336 e. The molecular weight excluding hydrogens is 346 g/mol. The first kappa shape index (κ1) is 19.3. The van der Waals surface area contributed by atoms with Crippen LogP contribution in [0.1, 0.15) is 51.7 Å². The predicted octanol–water partition coefficient (Wildman–Crippen LogP) is 3.50. The summed E-state index contributed by atoms with van der Waals surface area (Å²) in [5, 5.41) is 3.59. The molecule has 1 atom stereocenters. The minimum Gasteiger partial charge on any atom is -0.487 e. The van der Waals surface area contributed by atoms with Gasteiger partial charge in [0.2, 0.25) is 0 Å². The monoisotopic (exact) mass is 373 g/mol.